The van der Waals surface area contributed by atoms with E-state index in [1.165, 1.54) is 6.07 Å². The molecule has 0 heterocycles. The summed E-state index contributed by atoms with van der Waals surface area (Å²) in [5, 5.41) is 0. The minimum atomic E-state index is -4.23. The zero-order valence-corrected chi connectivity index (χ0v) is 11.1. The summed E-state index contributed by atoms with van der Waals surface area (Å²) < 4.78 is 37.0. The summed E-state index contributed by atoms with van der Waals surface area (Å²) in [6.07, 6.45) is 0. The molecule has 1 aromatic carbocycles. The van der Waals surface area contributed by atoms with E-state index < -0.39 is 5.51 Å². The van der Waals surface area contributed by atoms with Crippen molar-refractivity contribution >= 4 is 11.8 Å². The smallest absolute Gasteiger partial charge is 0.330 e. The summed E-state index contributed by atoms with van der Waals surface area (Å²) in [5.41, 5.74) is 2.52. The zero-order valence-electron chi connectivity index (χ0n) is 10.3. The van der Waals surface area contributed by atoms with Gasteiger partial charge in [-0.3, -0.25) is 0 Å². The molecule has 1 fully saturated rings. The van der Waals surface area contributed by atoms with Crippen molar-refractivity contribution in [1.29, 1.82) is 0 Å². The highest BCUT2D eigenvalue weighted by molar-refractivity contribution is 8.00. The van der Waals surface area contributed by atoms with E-state index in [0.717, 1.165) is 5.56 Å². The van der Waals surface area contributed by atoms with Gasteiger partial charge in [0.15, 0.2) is 0 Å². The Bertz CT molecular complexity index is 442. The van der Waals surface area contributed by atoms with Crippen LogP contribution in [0.1, 0.15) is 25.3 Å². The van der Waals surface area contributed by atoms with Gasteiger partial charge in [0.1, 0.15) is 0 Å². The van der Waals surface area contributed by atoms with Crippen LogP contribution < -0.4 is 5.73 Å². The Labute approximate surface area is 109 Å². The summed E-state index contributed by atoms with van der Waals surface area (Å²) in [6.45, 7) is 4.80. The van der Waals surface area contributed by atoms with E-state index in [9.17, 15) is 13.2 Å². The molecule has 0 aromatic heterocycles. The quantitative estimate of drug-likeness (QED) is 0.844. The minimum absolute atomic E-state index is 0.0622. The van der Waals surface area contributed by atoms with Crippen molar-refractivity contribution in [3.05, 3.63) is 29.8 Å². The Morgan fingerprint density at radius 3 is 2.50 bits per heavy atom. The maximum atomic E-state index is 12.3. The van der Waals surface area contributed by atoms with Crippen molar-refractivity contribution in [2.45, 2.75) is 30.2 Å². The molecule has 2 rings (SSSR count). The molecule has 1 aliphatic carbocycles. The largest absolute Gasteiger partial charge is 0.446 e. The molecule has 0 spiro atoms. The van der Waals surface area contributed by atoms with Gasteiger partial charge in [0.05, 0.1) is 0 Å². The van der Waals surface area contributed by atoms with E-state index in [2.05, 4.69) is 13.8 Å². The molecule has 2 N–H and O–H groups in total. The van der Waals surface area contributed by atoms with Crippen molar-refractivity contribution in [3.8, 4) is 0 Å². The van der Waals surface area contributed by atoms with E-state index in [4.69, 9.17) is 5.73 Å². The van der Waals surface area contributed by atoms with Gasteiger partial charge in [0.2, 0.25) is 0 Å². The Hall–Kier alpha value is -0.680. The molecule has 18 heavy (non-hydrogen) atoms. The maximum Gasteiger partial charge on any atom is 0.446 e. The molecule has 100 valence electrons. The fourth-order valence-corrected chi connectivity index (χ4v) is 3.36. The monoisotopic (exact) mass is 275 g/mol. The van der Waals surface area contributed by atoms with E-state index in [1.807, 2.05) is 6.07 Å². The van der Waals surface area contributed by atoms with Gasteiger partial charge >= 0.3 is 5.51 Å². The molecular formula is C13H16F3NS. The summed E-state index contributed by atoms with van der Waals surface area (Å²) in [7, 11) is 0. The van der Waals surface area contributed by atoms with Crippen LogP contribution in [0.25, 0.3) is 0 Å². The molecule has 5 heteroatoms. The standard InChI is InChI=1S/C13H16F3NS/c1-12(2)10(7-17)11(12)8-4-3-5-9(6-8)18-13(14,15)16/h3-6,10-11H,7,17H2,1-2H3/t10-,11-/m0/s1. The van der Waals surface area contributed by atoms with Crippen molar-refractivity contribution in [1.82, 2.24) is 0 Å². The highest BCUT2D eigenvalue weighted by atomic mass is 32.2. The first-order chi connectivity index (χ1) is 8.25. The summed E-state index contributed by atoms with van der Waals surface area (Å²) in [5.74, 6) is 0.639. The molecule has 0 saturated heterocycles. The molecular weight excluding hydrogens is 259 g/mol. The fourth-order valence-electron chi connectivity index (χ4n) is 2.75. The number of hydrogen-bond acceptors (Lipinski definition) is 2. The van der Waals surface area contributed by atoms with Crippen LogP contribution in [0.15, 0.2) is 29.2 Å². The molecule has 0 radical (unpaired) electrons. The van der Waals surface area contributed by atoms with Gasteiger partial charge < -0.3 is 5.73 Å². The molecule has 1 aliphatic rings. The molecule has 0 amide bonds. The summed E-state index contributed by atoms with van der Waals surface area (Å²) in [4.78, 5) is 0.249. The summed E-state index contributed by atoms with van der Waals surface area (Å²) in [6, 6.07) is 6.71. The first-order valence-corrected chi connectivity index (χ1v) is 6.63. The van der Waals surface area contributed by atoms with E-state index in [1.54, 1.807) is 12.1 Å². The average Bonchev–Trinajstić information content (AvgIpc) is 2.78. The molecule has 0 bridgehead atoms. The Kier molecular flexibility index (Phi) is 3.40. The van der Waals surface area contributed by atoms with Gasteiger partial charge in [-0.25, -0.2) is 0 Å². The van der Waals surface area contributed by atoms with Crippen LogP contribution in [0.2, 0.25) is 0 Å². The number of nitrogens with two attached hydrogens (primary N) is 1. The fraction of sp³-hybridized carbons (Fsp3) is 0.538. The van der Waals surface area contributed by atoms with E-state index in [0.29, 0.717) is 12.5 Å². The van der Waals surface area contributed by atoms with E-state index in [-0.39, 0.29) is 28.0 Å². The van der Waals surface area contributed by atoms with Crippen molar-refractivity contribution in [3.63, 3.8) is 0 Å². The zero-order chi connectivity index (χ0) is 13.6. The van der Waals surface area contributed by atoms with Crippen LogP contribution >= 0.6 is 11.8 Å². The first kappa shape index (κ1) is 13.7. The van der Waals surface area contributed by atoms with Gasteiger partial charge in [-0.1, -0.05) is 26.0 Å². The lowest BCUT2D eigenvalue weighted by molar-refractivity contribution is -0.0328. The van der Waals surface area contributed by atoms with E-state index >= 15 is 0 Å². The second kappa shape index (κ2) is 4.46. The third-order valence-corrected chi connectivity index (χ3v) is 4.48. The Balaban J connectivity index is 2.19. The van der Waals surface area contributed by atoms with Crippen LogP contribution in [-0.4, -0.2) is 12.1 Å². The lowest BCUT2D eigenvalue weighted by Gasteiger charge is -2.08. The molecule has 0 aliphatic heterocycles. The van der Waals surface area contributed by atoms with Crippen LogP contribution in [-0.2, 0) is 0 Å². The van der Waals surface area contributed by atoms with Gasteiger partial charge in [-0.2, -0.15) is 13.2 Å². The number of alkyl halides is 3. The van der Waals surface area contributed by atoms with Crippen molar-refractivity contribution in [2.24, 2.45) is 17.1 Å². The molecule has 0 unspecified atom stereocenters. The first-order valence-electron chi connectivity index (χ1n) is 5.81. The predicted molar refractivity (Wildman–Crippen MR) is 67.4 cm³/mol. The van der Waals surface area contributed by atoms with Crippen LogP contribution in [0, 0.1) is 11.3 Å². The number of thioether (sulfide) groups is 1. The summed E-state index contributed by atoms with van der Waals surface area (Å²) >= 11 is -0.0622. The molecule has 1 nitrogen and oxygen atoms in total. The van der Waals surface area contributed by atoms with Crippen LogP contribution in [0.4, 0.5) is 13.2 Å². The SMILES string of the molecule is CC1(C)[C@@H](CN)[C@@H]1c1cccc(SC(F)(F)F)c1. The number of halogens is 3. The predicted octanol–water partition coefficient (Wildman–Crippen LogP) is 4.00. The molecule has 2 atom stereocenters. The lowest BCUT2D eigenvalue weighted by Crippen LogP contribution is -2.05. The van der Waals surface area contributed by atoms with Gasteiger partial charge in [0, 0.05) is 4.90 Å². The average molecular weight is 275 g/mol. The minimum Gasteiger partial charge on any atom is -0.330 e. The topological polar surface area (TPSA) is 26.0 Å². The maximum absolute atomic E-state index is 12.3. The van der Waals surface area contributed by atoms with Crippen LogP contribution in [0.5, 0.6) is 0 Å². The second-order valence-corrected chi connectivity index (χ2v) is 6.40. The number of hydrogen-bond donors (Lipinski definition) is 1. The highest BCUT2D eigenvalue weighted by Gasteiger charge is 2.57. The number of benzene rings is 1. The molecule has 1 saturated carbocycles. The molecule has 1 aromatic rings. The highest BCUT2D eigenvalue weighted by Crippen LogP contribution is 2.64. The van der Waals surface area contributed by atoms with Crippen molar-refractivity contribution in [2.75, 3.05) is 6.54 Å². The second-order valence-electron chi connectivity index (χ2n) is 5.26. The lowest BCUT2D eigenvalue weighted by atomic mass is 10.0. The Morgan fingerprint density at radius 2 is 2.00 bits per heavy atom. The van der Waals surface area contributed by atoms with Crippen LogP contribution in [0.3, 0.4) is 0 Å². The van der Waals surface area contributed by atoms with Crippen molar-refractivity contribution < 1.29 is 13.2 Å². The number of rotatable bonds is 3. The Morgan fingerprint density at radius 1 is 1.33 bits per heavy atom. The normalized spacial score (nSPS) is 26.1. The van der Waals surface area contributed by atoms with Gasteiger partial charge in [-0.05, 0) is 53.3 Å². The third kappa shape index (κ3) is 2.67. The third-order valence-electron chi connectivity index (χ3n) is 3.76. The van der Waals surface area contributed by atoms with Gasteiger partial charge in [-0.15, -0.1) is 0 Å². The van der Waals surface area contributed by atoms with Gasteiger partial charge in [0.25, 0.3) is 0 Å².